The smallest absolute Gasteiger partial charge is 0.282 e. The van der Waals surface area contributed by atoms with Gasteiger partial charge in [-0.1, -0.05) is 0 Å². The molecule has 3 N–H and O–H groups in total. The van der Waals surface area contributed by atoms with Crippen molar-refractivity contribution in [1.82, 2.24) is 4.98 Å². The van der Waals surface area contributed by atoms with Gasteiger partial charge in [-0.25, -0.2) is 18.8 Å². The Morgan fingerprint density at radius 1 is 1.40 bits per heavy atom. The summed E-state index contributed by atoms with van der Waals surface area (Å²) in [4.78, 5) is 20.7. The number of benzene rings is 1. The van der Waals surface area contributed by atoms with Gasteiger partial charge in [0.1, 0.15) is 29.8 Å². The minimum atomic E-state index is -1.25. The summed E-state index contributed by atoms with van der Waals surface area (Å²) in [5, 5.41) is 11.5. The lowest BCUT2D eigenvalue weighted by molar-refractivity contribution is 0.0528. The number of nitrogens with zero attached hydrogens (tertiary/aromatic N) is 3. The van der Waals surface area contributed by atoms with Crippen molar-refractivity contribution in [3.05, 3.63) is 59.2 Å². The first-order valence-corrected chi connectivity index (χ1v) is 9.10. The molecule has 0 spiro atoms. The van der Waals surface area contributed by atoms with Crippen molar-refractivity contribution in [2.75, 3.05) is 25.2 Å². The molecule has 2 aliphatic heterocycles. The lowest BCUT2D eigenvalue weighted by Gasteiger charge is -2.35. The van der Waals surface area contributed by atoms with E-state index in [2.05, 4.69) is 15.3 Å². The molecular weight excluding hydrogens is 396 g/mol. The highest BCUT2D eigenvalue weighted by molar-refractivity contribution is 6.02. The number of hydrogen-bond acceptors (Lipinski definition) is 7. The van der Waals surface area contributed by atoms with Crippen molar-refractivity contribution in [2.24, 2.45) is 16.6 Å². The number of aromatic nitrogens is 1. The van der Waals surface area contributed by atoms with E-state index in [0.29, 0.717) is 11.3 Å². The Bertz CT molecular complexity index is 1050. The van der Waals surface area contributed by atoms with Gasteiger partial charge in [-0.15, -0.1) is 0 Å². The number of amidine groups is 1. The van der Waals surface area contributed by atoms with Gasteiger partial charge in [-0.3, -0.25) is 4.79 Å². The van der Waals surface area contributed by atoms with E-state index in [0.717, 1.165) is 0 Å². The number of nitriles is 1. The van der Waals surface area contributed by atoms with Crippen LogP contribution in [0.25, 0.3) is 0 Å². The van der Waals surface area contributed by atoms with Gasteiger partial charge in [0.25, 0.3) is 11.9 Å². The average molecular weight is 413 g/mol. The number of aliphatic imine (C=N–C) groups is 1. The molecule has 1 amide bonds. The monoisotopic (exact) mass is 413 g/mol. The number of anilines is 1. The minimum Gasteiger partial charge on any atom is -0.465 e. The number of rotatable bonds is 4. The second-order valence-corrected chi connectivity index (χ2v) is 6.99. The standard InChI is InChI=1S/C20H17F2N5O3/c21-6-17-14-9-29-19(24)27-20(14,10-30-17)13-5-12(2-3-15(13)22)26-18(28)16-4-1-11(7-23)8-25-16/h1-5,8,14,17H,6,9-10H2,(H2,24,27)(H,26,28)/t14-,17-,20-/m1/s1. The molecule has 4 rings (SSSR count). The third-order valence-corrected chi connectivity index (χ3v) is 5.27. The first-order valence-electron chi connectivity index (χ1n) is 9.10. The summed E-state index contributed by atoms with van der Waals surface area (Å²) in [6.45, 7) is -0.801. The first-order chi connectivity index (χ1) is 14.5. The fourth-order valence-corrected chi connectivity index (χ4v) is 3.74. The largest absolute Gasteiger partial charge is 0.465 e. The highest BCUT2D eigenvalue weighted by atomic mass is 19.1. The number of carbonyl (C=O) groups is 1. The van der Waals surface area contributed by atoms with Crippen molar-refractivity contribution in [1.29, 1.82) is 5.26 Å². The van der Waals surface area contributed by atoms with Crippen molar-refractivity contribution < 1.29 is 23.0 Å². The topological polar surface area (TPSA) is 123 Å². The highest BCUT2D eigenvalue weighted by Gasteiger charge is 2.55. The molecule has 0 saturated carbocycles. The fraction of sp³-hybridized carbons (Fsp3) is 0.300. The van der Waals surface area contributed by atoms with E-state index < -0.39 is 36.0 Å². The molecule has 2 aliphatic rings. The van der Waals surface area contributed by atoms with E-state index in [1.165, 1.54) is 36.5 Å². The van der Waals surface area contributed by atoms with E-state index in [9.17, 15) is 13.6 Å². The molecule has 10 heteroatoms. The maximum absolute atomic E-state index is 14.8. The van der Waals surface area contributed by atoms with Gasteiger partial charge in [-0.05, 0) is 30.3 Å². The number of nitrogens with one attached hydrogen (secondary N) is 1. The molecule has 0 radical (unpaired) electrons. The number of hydrogen-bond donors (Lipinski definition) is 2. The van der Waals surface area contributed by atoms with E-state index in [4.69, 9.17) is 20.5 Å². The summed E-state index contributed by atoms with van der Waals surface area (Å²) >= 11 is 0. The molecule has 3 heterocycles. The number of pyridine rings is 1. The van der Waals surface area contributed by atoms with E-state index >= 15 is 0 Å². The Hall–Kier alpha value is -3.58. The van der Waals surface area contributed by atoms with Crippen molar-refractivity contribution in [3.63, 3.8) is 0 Å². The van der Waals surface area contributed by atoms with Crippen LogP contribution in [0.2, 0.25) is 0 Å². The number of nitrogens with two attached hydrogens (primary N) is 1. The SMILES string of the molecule is N#Cc1ccc(C(=O)Nc2ccc(F)c([C@]34CO[C@H](CF)[C@H]3COC(N)=N4)c2)nc1. The van der Waals surface area contributed by atoms with Crippen LogP contribution >= 0.6 is 0 Å². The van der Waals surface area contributed by atoms with Crippen molar-refractivity contribution in [3.8, 4) is 6.07 Å². The Labute approximate surface area is 170 Å². The predicted molar refractivity (Wildman–Crippen MR) is 102 cm³/mol. The Balaban J connectivity index is 1.67. The molecule has 0 aliphatic carbocycles. The van der Waals surface area contributed by atoms with Gasteiger partial charge in [0, 0.05) is 17.4 Å². The maximum atomic E-state index is 14.8. The molecule has 8 nitrogen and oxygen atoms in total. The second kappa shape index (κ2) is 7.68. The zero-order valence-corrected chi connectivity index (χ0v) is 15.6. The lowest BCUT2D eigenvalue weighted by Crippen LogP contribution is -2.45. The van der Waals surface area contributed by atoms with Crippen LogP contribution in [0.1, 0.15) is 21.6 Å². The third-order valence-electron chi connectivity index (χ3n) is 5.27. The Morgan fingerprint density at radius 3 is 2.93 bits per heavy atom. The number of carbonyl (C=O) groups excluding carboxylic acids is 1. The van der Waals surface area contributed by atoms with Gasteiger partial charge < -0.3 is 20.5 Å². The van der Waals surface area contributed by atoms with Gasteiger partial charge in [0.15, 0.2) is 0 Å². The first kappa shape index (κ1) is 19.7. The second-order valence-electron chi connectivity index (χ2n) is 6.99. The third kappa shape index (κ3) is 3.33. The molecule has 3 atom stereocenters. The summed E-state index contributed by atoms with van der Waals surface area (Å²) in [6.07, 6.45) is 0.475. The molecule has 1 aromatic heterocycles. The summed E-state index contributed by atoms with van der Waals surface area (Å²) in [5.74, 6) is -1.70. The summed E-state index contributed by atoms with van der Waals surface area (Å²) in [7, 11) is 0. The summed E-state index contributed by atoms with van der Waals surface area (Å²) in [6, 6.07) is 8.66. The van der Waals surface area contributed by atoms with Crippen LogP contribution in [0.3, 0.4) is 0 Å². The number of amides is 1. The molecule has 0 bridgehead atoms. The van der Waals surface area contributed by atoms with Gasteiger partial charge >= 0.3 is 0 Å². The van der Waals surface area contributed by atoms with E-state index in [-0.39, 0.29) is 30.5 Å². The Morgan fingerprint density at radius 2 is 2.23 bits per heavy atom. The number of fused-ring (bicyclic) bond motifs is 1. The van der Waals surface area contributed by atoms with Gasteiger partial charge in [-0.2, -0.15) is 5.26 Å². The van der Waals surface area contributed by atoms with Gasteiger partial charge in [0.05, 0.1) is 30.8 Å². The van der Waals surface area contributed by atoms with Crippen LogP contribution < -0.4 is 11.1 Å². The zero-order chi connectivity index (χ0) is 21.3. The summed E-state index contributed by atoms with van der Waals surface area (Å²) < 4.78 is 39.0. The van der Waals surface area contributed by atoms with E-state index in [1.807, 2.05) is 6.07 Å². The Kier molecular flexibility index (Phi) is 5.05. The normalized spacial score (nSPS) is 24.9. The number of alkyl halides is 1. The fourth-order valence-electron chi connectivity index (χ4n) is 3.74. The minimum absolute atomic E-state index is 0.0368. The molecule has 0 unspecified atom stereocenters. The maximum Gasteiger partial charge on any atom is 0.282 e. The quantitative estimate of drug-likeness (QED) is 0.789. The molecule has 1 aromatic carbocycles. The average Bonchev–Trinajstić information content (AvgIpc) is 3.13. The lowest BCUT2D eigenvalue weighted by atomic mass is 9.78. The highest BCUT2D eigenvalue weighted by Crippen LogP contribution is 2.46. The van der Waals surface area contributed by atoms with Crippen LogP contribution in [-0.2, 0) is 15.0 Å². The molecule has 154 valence electrons. The molecule has 30 heavy (non-hydrogen) atoms. The molecular formula is C20H17F2N5O3. The molecule has 1 fully saturated rings. The van der Waals surface area contributed by atoms with Crippen LogP contribution in [0.5, 0.6) is 0 Å². The molecule has 2 aromatic rings. The predicted octanol–water partition coefficient (Wildman–Crippen LogP) is 1.87. The van der Waals surface area contributed by atoms with Crippen LogP contribution in [0.4, 0.5) is 14.5 Å². The summed E-state index contributed by atoms with van der Waals surface area (Å²) in [5.41, 5.74) is 5.29. The van der Waals surface area contributed by atoms with Crippen molar-refractivity contribution in [2.45, 2.75) is 11.6 Å². The van der Waals surface area contributed by atoms with Gasteiger partial charge in [0.2, 0.25) is 0 Å². The van der Waals surface area contributed by atoms with Crippen LogP contribution in [-0.4, -0.2) is 42.9 Å². The number of ether oxygens (including phenoxy) is 2. The van der Waals surface area contributed by atoms with Crippen LogP contribution in [0.15, 0.2) is 41.5 Å². The van der Waals surface area contributed by atoms with Crippen LogP contribution in [0, 0.1) is 23.1 Å². The van der Waals surface area contributed by atoms with Crippen molar-refractivity contribution >= 4 is 17.6 Å². The van der Waals surface area contributed by atoms with E-state index in [1.54, 1.807) is 0 Å². The number of halogens is 2. The zero-order valence-electron chi connectivity index (χ0n) is 15.6. The molecule has 1 saturated heterocycles.